The SMILES string of the molecule is COc1ccc([N+](=O)[O-])c(NC(=O)[C@@H]2[C@@H]3C[C@H]4[C@H]2C(=O)O[C@H]4C3)c1. The van der Waals surface area contributed by atoms with Crippen LogP contribution >= 0.6 is 0 Å². The number of carbonyl (C=O) groups is 2. The number of hydrogen-bond acceptors (Lipinski definition) is 6. The first-order valence-electron chi connectivity index (χ1n) is 7.83. The lowest BCUT2D eigenvalue weighted by molar-refractivity contribution is -0.384. The molecule has 0 aromatic heterocycles. The van der Waals surface area contributed by atoms with Crippen LogP contribution in [0, 0.1) is 33.8 Å². The van der Waals surface area contributed by atoms with E-state index in [0.29, 0.717) is 12.2 Å². The third-order valence-electron chi connectivity index (χ3n) is 5.44. The van der Waals surface area contributed by atoms with Crippen LogP contribution in [0.15, 0.2) is 18.2 Å². The molecule has 2 saturated carbocycles. The van der Waals surface area contributed by atoms with Gasteiger partial charge in [0.2, 0.25) is 5.91 Å². The Hall–Kier alpha value is -2.64. The van der Waals surface area contributed by atoms with Crippen LogP contribution in [-0.4, -0.2) is 30.0 Å². The Bertz CT molecular complexity index is 746. The summed E-state index contributed by atoms with van der Waals surface area (Å²) in [4.78, 5) is 35.3. The quantitative estimate of drug-likeness (QED) is 0.511. The van der Waals surface area contributed by atoms with Gasteiger partial charge in [0.25, 0.3) is 5.69 Å². The molecule has 5 atom stereocenters. The van der Waals surface area contributed by atoms with Crippen LogP contribution in [-0.2, 0) is 14.3 Å². The lowest BCUT2D eigenvalue weighted by atomic mass is 9.79. The summed E-state index contributed by atoms with van der Waals surface area (Å²) in [6, 6.07) is 4.17. The summed E-state index contributed by atoms with van der Waals surface area (Å²) in [7, 11) is 1.44. The van der Waals surface area contributed by atoms with E-state index >= 15 is 0 Å². The first-order valence-corrected chi connectivity index (χ1v) is 7.83. The van der Waals surface area contributed by atoms with Gasteiger partial charge in [0.05, 0.1) is 23.9 Å². The Balaban J connectivity index is 1.61. The van der Waals surface area contributed by atoms with Crippen molar-refractivity contribution in [2.24, 2.45) is 23.7 Å². The van der Waals surface area contributed by atoms with Crippen LogP contribution in [0.2, 0.25) is 0 Å². The normalized spacial score (nSPS) is 32.5. The summed E-state index contributed by atoms with van der Waals surface area (Å²) >= 11 is 0. The van der Waals surface area contributed by atoms with Crippen molar-refractivity contribution in [1.82, 2.24) is 0 Å². The van der Waals surface area contributed by atoms with Gasteiger partial charge in [0.15, 0.2) is 0 Å². The average molecular weight is 332 g/mol. The third kappa shape index (κ3) is 2.05. The van der Waals surface area contributed by atoms with Crippen LogP contribution in [0.25, 0.3) is 0 Å². The smallest absolute Gasteiger partial charge is 0.310 e. The number of benzene rings is 1. The summed E-state index contributed by atoms with van der Waals surface area (Å²) in [5.74, 6) is -0.958. The predicted molar refractivity (Wildman–Crippen MR) is 81.4 cm³/mol. The lowest BCUT2D eigenvalue weighted by Crippen LogP contribution is -2.36. The predicted octanol–water partition coefficient (Wildman–Crippen LogP) is 1.74. The number of amides is 1. The Labute approximate surface area is 137 Å². The van der Waals surface area contributed by atoms with Crippen LogP contribution in [0.1, 0.15) is 12.8 Å². The third-order valence-corrected chi connectivity index (χ3v) is 5.44. The molecule has 2 aliphatic carbocycles. The molecule has 126 valence electrons. The van der Waals surface area contributed by atoms with Gasteiger partial charge in [-0.1, -0.05) is 0 Å². The largest absolute Gasteiger partial charge is 0.497 e. The molecule has 4 rings (SSSR count). The molecule has 24 heavy (non-hydrogen) atoms. The van der Waals surface area contributed by atoms with Crippen molar-refractivity contribution in [3.8, 4) is 5.75 Å². The zero-order valence-corrected chi connectivity index (χ0v) is 12.9. The Morgan fingerprint density at radius 2 is 2.21 bits per heavy atom. The van der Waals surface area contributed by atoms with Crippen LogP contribution < -0.4 is 10.1 Å². The minimum Gasteiger partial charge on any atom is -0.497 e. The second-order valence-electron chi connectivity index (χ2n) is 6.55. The highest BCUT2D eigenvalue weighted by molar-refractivity contribution is 5.98. The number of methoxy groups -OCH3 is 1. The van der Waals surface area contributed by atoms with Crippen molar-refractivity contribution < 1.29 is 24.0 Å². The van der Waals surface area contributed by atoms with Gasteiger partial charge >= 0.3 is 5.97 Å². The second-order valence-corrected chi connectivity index (χ2v) is 6.55. The van der Waals surface area contributed by atoms with Crippen LogP contribution in [0.3, 0.4) is 0 Å². The number of esters is 1. The van der Waals surface area contributed by atoms with Crippen molar-refractivity contribution in [2.45, 2.75) is 18.9 Å². The Morgan fingerprint density at radius 1 is 1.42 bits per heavy atom. The highest BCUT2D eigenvalue weighted by atomic mass is 16.6. The fourth-order valence-corrected chi connectivity index (χ4v) is 4.48. The van der Waals surface area contributed by atoms with E-state index in [9.17, 15) is 19.7 Å². The van der Waals surface area contributed by atoms with Gasteiger partial charge in [0, 0.05) is 18.1 Å². The van der Waals surface area contributed by atoms with Gasteiger partial charge in [-0.25, -0.2) is 0 Å². The summed E-state index contributed by atoms with van der Waals surface area (Å²) in [6.07, 6.45) is 1.45. The molecule has 1 aliphatic heterocycles. The zero-order valence-electron chi connectivity index (χ0n) is 12.9. The van der Waals surface area contributed by atoms with Gasteiger partial charge in [0.1, 0.15) is 17.5 Å². The van der Waals surface area contributed by atoms with Crippen molar-refractivity contribution >= 4 is 23.3 Å². The number of nitrogens with zero attached hydrogens (tertiary/aromatic N) is 1. The van der Waals surface area contributed by atoms with Gasteiger partial charge < -0.3 is 14.8 Å². The fraction of sp³-hybridized carbons (Fsp3) is 0.500. The van der Waals surface area contributed by atoms with Gasteiger partial charge in [-0.05, 0) is 24.8 Å². The summed E-state index contributed by atoms with van der Waals surface area (Å²) in [6.45, 7) is 0. The summed E-state index contributed by atoms with van der Waals surface area (Å²) in [5.41, 5.74) is -0.130. The van der Waals surface area contributed by atoms with E-state index in [4.69, 9.17) is 9.47 Å². The van der Waals surface area contributed by atoms with E-state index in [1.54, 1.807) is 0 Å². The Kier molecular flexibility index (Phi) is 3.22. The maximum atomic E-state index is 12.7. The maximum absolute atomic E-state index is 12.7. The van der Waals surface area contributed by atoms with Crippen molar-refractivity contribution in [2.75, 3.05) is 12.4 Å². The molecule has 2 bridgehead atoms. The first-order chi connectivity index (χ1) is 11.5. The molecule has 1 amide bonds. The number of hydrogen-bond donors (Lipinski definition) is 1. The second kappa shape index (κ2) is 5.19. The van der Waals surface area contributed by atoms with Gasteiger partial charge in [-0.15, -0.1) is 0 Å². The summed E-state index contributed by atoms with van der Waals surface area (Å²) in [5, 5.41) is 13.8. The molecular weight excluding hydrogens is 316 g/mol. The molecule has 1 heterocycles. The average Bonchev–Trinajstić information content (AvgIpc) is 3.16. The monoisotopic (exact) mass is 332 g/mol. The molecule has 8 nitrogen and oxygen atoms in total. The molecule has 0 unspecified atom stereocenters. The molecule has 3 fully saturated rings. The number of anilines is 1. The maximum Gasteiger partial charge on any atom is 0.310 e. The highest BCUT2D eigenvalue weighted by Gasteiger charge is 2.63. The highest BCUT2D eigenvalue weighted by Crippen LogP contribution is 2.57. The van der Waals surface area contributed by atoms with Crippen molar-refractivity contribution in [1.29, 1.82) is 0 Å². The van der Waals surface area contributed by atoms with Gasteiger partial charge in [-0.2, -0.15) is 0 Å². The molecule has 8 heteroatoms. The number of rotatable bonds is 4. The van der Waals surface area contributed by atoms with Crippen LogP contribution in [0.5, 0.6) is 5.75 Å². The van der Waals surface area contributed by atoms with Crippen LogP contribution in [0.4, 0.5) is 11.4 Å². The minimum absolute atomic E-state index is 0.0531. The number of nitrogens with one attached hydrogen (secondary N) is 1. The molecule has 1 aromatic rings. The molecule has 1 N–H and O–H groups in total. The Morgan fingerprint density at radius 3 is 2.92 bits per heavy atom. The fourth-order valence-electron chi connectivity index (χ4n) is 4.48. The first kappa shape index (κ1) is 14.9. The van der Waals surface area contributed by atoms with Crippen molar-refractivity contribution in [3.05, 3.63) is 28.3 Å². The van der Waals surface area contributed by atoms with E-state index in [-0.39, 0.29) is 41.2 Å². The number of ether oxygens (including phenoxy) is 2. The molecule has 1 aromatic carbocycles. The molecular formula is C16H16N2O6. The zero-order chi connectivity index (χ0) is 17.0. The molecule has 3 aliphatic rings. The molecule has 0 radical (unpaired) electrons. The number of nitro groups is 1. The van der Waals surface area contributed by atoms with E-state index in [1.165, 1.54) is 25.3 Å². The standard InChI is InChI=1S/C16H16N2O6/c1-23-8-2-3-11(18(21)22)10(6-8)17-15(19)13-7-4-9-12(5-7)24-16(20)14(9)13/h2-3,6-7,9,12-14H,4-5H2,1H3,(H,17,19)/t7-,9-,12+,13-,14-/m1/s1. The minimum atomic E-state index is -0.560. The lowest BCUT2D eigenvalue weighted by Gasteiger charge is -2.23. The van der Waals surface area contributed by atoms with E-state index in [1.807, 2.05) is 0 Å². The number of nitro benzene ring substituents is 1. The summed E-state index contributed by atoms with van der Waals surface area (Å²) < 4.78 is 10.4. The number of fused-ring (bicyclic) bond motifs is 1. The topological polar surface area (TPSA) is 108 Å². The van der Waals surface area contributed by atoms with E-state index < -0.39 is 16.8 Å². The molecule has 1 saturated heterocycles. The van der Waals surface area contributed by atoms with E-state index in [0.717, 1.165) is 6.42 Å². The molecule has 0 spiro atoms. The van der Waals surface area contributed by atoms with E-state index in [2.05, 4.69) is 5.32 Å². The number of carbonyl (C=O) groups excluding carboxylic acids is 2. The van der Waals surface area contributed by atoms with Gasteiger partial charge in [-0.3, -0.25) is 19.7 Å². The van der Waals surface area contributed by atoms with Crippen molar-refractivity contribution in [3.63, 3.8) is 0 Å².